The Morgan fingerprint density at radius 3 is 2.61 bits per heavy atom. The second-order valence-corrected chi connectivity index (χ2v) is 6.99. The summed E-state index contributed by atoms with van der Waals surface area (Å²) in [5, 5.41) is 4.51. The Kier molecular flexibility index (Phi) is 5.59. The molecule has 1 saturated heterocycles. The quantitative estimate of drug-likeness (QED) is 0.640. The van der Waals surface area contributed by atoms with Crippen molar-refractivity contribution in [3.63, 3.8) is 0 Å². The molecule has 1 fully saturated rings. The van der Waals surface area contributed by atoms with Crippen molar-refractivity contribution in [3.05, 3.63) is 64.9 Å². The van der Waals surface area contributed by atoms with Gasteiger partial charge in [0.05, 0.1) is 17.9 Å². The zero-order valence-corrected chi connectivity index (χ0v) is 16.0. The molecular formula is C20H24N6O2. The molecule has 4 heterocycles. The highest BCUT2D eigenvalue weighted by molar-refractivity contribution is 5.56. The first kappa shape index (κ1) is 18.5. The third kappa shape index (κ3) is 4.35. The van der Waals surface area contributed by atoms with Gasteiger partial charge in [0, 0.05) is 63.3 Å². The van der Waals surface area contributed by atoms with Crippen molar-refractivity contribution in [2.75, 3.05) is 32.7 Å². The van der Waals surface area contributed by atoms with Gasteiger partial charge in [-0.3, -0.25) is 19.6 Å². The number of aryl methyl sites for hydroxylation is 1. The van der Waals surface area contributed by atoms with Crippen LogP contribution in [0.4, 0.5) is 0 Å². The van der Waals surface area contributed by atoms with E-state index in [1.165, 1.54) is 6.39 Å². The maximum atomic E-state index is 12.2. The van der Waals surface area contributed by atoms with Crippen molar-refractivity contribution < 1.29 is 4.42 Å². The maximum absolute atomic E-state index is 12.2. The fraction of sp³-hybridized carbons (Fsp3) is 0.400. The van der Waals surface area contributed by atoms with Crippen molar-refractivity contribution in [1.82, 2.24) is 29.5 Å². The fourth-order valence-electron chi connectivity index (χ4n) is 3.38. The van der Waals surface area contributed by atoms with Gasteiger partial charge in [-0.25, -0.2) is 9.67 Å². The average Bonchev–Trinajstić information content (AvgIpc) is 3.13. The lowest BCUT2D eigenvalue weighted by Gasteiger charge is -2.34. The minimum atomic E-state index is -0.0761. The standard InChI is InChI=1S/C20H24N6O2/c1-16-19(22-15-28-16)14-25-9-7-24(8-10-25)11-12-26-20(27)5-4-18(23-26)17-3-2-6-21-13-17/h2-6,13,15H,7-12,14H2,1H3. The molecule has 8 heteroatoms. The molecule has 8 nitrogen and oxygen atoms in total. The smallest absolute Gasteiger partial charge is 0.266 e. The lowest BCUT2D eigenvalue weighted by atomic mass is 10.2. The van der Waals surface area contributed by atoms with E-state index in [1.807, 2.05) is 19.1 Å². The monoisotopic (exact) mass is 380 g/mol. The minimum absolute atomic E-state index is 0.0761. The molecule has 28 heavy (non-hydrogen) atoms. The first-order valence-corrected chi connectivity index (χ1v) is 9.51. The molecule has 0 N–H and O–H groups in total. The molecule has 0 radical (unpaired) electrons. The predicted molar refractivity (Wildman–Crippen MR) is 105 cm³/mol. The Labute approximate surface area is 163 Å². The molecule has 1 aliphatic rings. The second kappa shape index (κ2) is 8.45. The molecule has 0 atom stereocenters. The van der Waals surface area contributed by atoms with Crippen LogP contribution in [0.15, 0.2) is 52.3 Å². The van der Waals surface area contributed by atoms with Crippen LogP contribution in [0, 0.1) is 6.92 Å². The molecule has 1 aliphatic heterocycles. The summed E-state index contributed by atoms with van der Waals surface area (Å²) in [5.41, 5.74) is 2.61. The summed E-state index contributed by atoms with van der Waals surface area (Å²) >= 11 is 0. The van der Waals surface area contributed by atoms with E-state index in [2.05, 4.69) is 24.9 Å². The molecule has 0 spiro atoms. The number of aromatic nitrogens is 4. The number of hydrogen-bond donors (Lipinski definition) is 0. The van der Waals surface area contributed by atoms with Gasteiger partial charge in [0.25, 0.3) is 5.56 Å². The van der Waals surface area contributed by atoms with Crippen LogP contribution in [0.1, 0.15) is 11.5 Å². The van der Waals surface area contributed by atoms with Crippen LogP contribution in [0.3, 0.4) is 0 Å². The highest BCUT2D eigenvalue weighted by atomic mass is 16.3. The van der Waals surface area contributed by atoms with E-state index in [1.54, 1.807) is 29.2 Å². The van der Waals surface area contributed by atoms with Gasteiger partial charge in [0.15, 0.2) is 6.39 Å². The second-order valence-electron chi connectivity index (χ2n) is 6.99. The van der Waals surface area contributed by atoms with Crippen LogP contribution in [0.25, 0.3) is 11.3 Å². The van der Waals surface area contributed by atoms with Crippen LogP contribution in [0.5, 0.6) is 0 Å². The largest absolute Gasteiger partial charge is 0.448 e. The molecule has 0 aliphatic carbocycles. The molecule has 3 aromatic rings. The Bertz CT molecular complexity index is 960. The Morgan fingerprint density at radius 1 is 1.07 bits per heavy atom. The molecule has 146 valence electrons. The summed E-state index contributed by atoms with van der Waals surface area (Å²) in [6, 6.07) is 7.14. The van der Waals surface area contributed by atoms with E-state index < -0.39 is 0 Å². The zero-order chi connectivity index (χ0) is 19.3. The summed E-state index contributed by atoms with van der Waals surface area (Å²) in [6.45, 7) is 8.04. The third-order valence-corrected chi connectivity index (χ3v) is 5.13. The highest BCUT2D eigenvalue weighted by Gasteiger charge is 2.18. The Balaban J connectivity index is 1.32. The van der Waals surface area contributed by atoms with Crippen molar-refractivity contribution >= 4 is 0 Å². The summed E-state index contributed by atoms with van der Waals surface area (Å²) in [4.78, 5) is 25.3. The predicted octanol–water partition coefficient (Wildman–Crippen LogP) is 1.42. The minimum Gasteiger partial charge on any atom is -0.448 e. The van der Waals surface area contributed by atoms with E-state index in [4.69, 9.17) is 4.42 Å². The molecule has 4 rings (SSSR count). The zero-order valence-electron chi connectivity index (χ0n) is 16.0. The van der Waals surface area contributed by atoms with Crippen LogP contribution >= 0.6 is 0 Å². The SMILES string of the molecule is Cc1ocnc1CN1CCN(CCn2nc(-c3cccnc3)ccc2=O)CC1. The number of rotatable bonds is 6. The van der Waals surface area contributed by atoms with Crippen molar-refractivity contribution in [3.8, 4) is 11.3 Å². The van der Waals surface area contributed by atoms with E-state index in [-0.39, 0.29) is 5.56 Å². The third-order valence-electron chi connectivity index (χ3n) is 5.13. The van der Waals surface area contributed by atoms with Crippen LogP contribution in [0.2, 0.25) is 0 Å². The van der Waals surface area contributed by atoms with Gasteiger partial charge in [-0.1, -0.05) is 0 Å². The number of nitrogens with zero attached hydrogens (tertiary/aromatic N) is 6. The summed E-state index contributed by atoms with van der Waals surface area (Å²) in [5.74, 6) is 0.890. The number of piperazine rings is 1. The molecule has 0 aromatic carbocycles. The van der Waals surface area contributed by atoms with Gasteiger partial charge in [-0.05, 0) is 25.1 Å². The Morgan fingerprint density at radius 2 is 1.89 bits per heavy atom. The molecule has 0 amide bonds. The normalized spacial score (nSPS) is 15.8. The van der Waals surface area contributed by atoms with E-state index >= 15 is 0 Å². The maximum Gasteiger partial charge on any atom is 0.266 e. The highest BCUT2D eigenvalue weighted by Crippen LogP contribution is 2.13. The molecule has 0 unspecified atom stereocenters. The summed E-state index contributed by atoms with van der Waals surface area (Å²) in [6.07, 6.45) is 4.99. The van der Waals surface area contributed by atoms with Crippen LogP contribution in [-0.4, -0.2) is 62.3 Å². The van der Waals surface area contributed by atoms with E-state index in [9.17, 15) is 4.79 Å². The summed E-state index contributed by atoms with van der Waals surface area (Å²) in [7, 11) is 0. The van der Waals surface area contributed by atoms with Gasteiger partial charge in [0.2, 0.25) is 0 Å². The lowest BCUT2D eigenvalue weighted by molar-refractivity contribution is 0.121. The van der Waals surface area contributed by atoms with Crippen LogP contribution < -0.4 is 5.56 Å². The fourth-order valence-corrected chi connectivity index (χ4v) is 3.38. The first-order valence-electron chi connectivity index (χ1n) is 9.51. The first-order chi connectivity index (χ1) is 13.7. The average molecular weight is 380 g/mol. The van der Waals surface area contributed by atoms with E-state index in [0.29, 0.717) is 6.54 Å². The van der Waals surface area contributed by atoms with Crippen molar-refractivity contribution in [2.45, 2.75) is 20.0 Å². The van der Waals surface area contributed by atoms with Gasteiger partial charge in [0.1, 0.15) is 5.76 Å². The van der Waals surface area contributed by atoms with Gasteiger partial charge < -0.3 is 4.42 Å². The number of oxazole rings is 1. The van der Waals surface area contributed by atoms with E-state index in [0.717, 1.165) is 62.0 Å². The van der Waals surface area contributed by atoms with Crippen LogP contribution in [-0.2, 0) is 13.1 Å². The lowest BCUT2D eigenvalue weighted by Crippen LogP contribution is -2.47. The molecule has 0 bridgehead atoms. The molecule has 0 saturated carbocycles. The van der Waals surface area contributed by atoms with Gasteiger partial charge >= 0.3 is 0 Å². The van der Waals surface area contributed by atoms with Gasteiger partial charge in [-0.2, -0.15) is 5.10 Å². The number of pyridine rings is 1. The van der Waals surface area contributed by atoms with Gasteiger partial charge in [-0.15, -0.1) is 0 Å². The molecular weight excluding hydrogens is 356 g/mol. The topological polar surface area (TPSA) is 80.3 Å². The summed E-state index contributed by atoms with van der Waals surface area (Å²) < 4.78 is 6.83. The van der Waals surface area contributed by atoms with Crippen molar-refractivity contribution in [2.24, 2.45) is 0 Å². The molecule has 3 aromatic heterocycles. The number of hydrogen-bond acceptors (Lipinski definition) is 7. The van der Waals surface area contributed by atoms with Crippen molar-refractivity contribution in [1.29, 1.82) is 0 Å². The Hall–Kier alpha value is -2.84.